The molecule has 7 nitrogen and oxygen atoms in total. The van der Waals surface area contributed by atoms with Gasteiger partial charge in [0.15, 0.2) is 0 Å². The first-order chi connectivity index (χ1) is 14.3. The maximum absolute atomic E-state index is 12.8. The molecule has 3 amide bonds. The lowest BCUT2D eigenvalue weighted by atomic mass is 9.98. The minimum Gasteiger partial charge on any atom is -0.462 e. The average Bonchev–Trinajstić information content (AvgIpc) is 2.73. The van der Waals surface area contributed by atoms with Crippen LogP contribution in [0.1, 0.15) is 43.1 Å². The summed E-state index contributed by atoms with van der Waals surface area (Å²) in [4.78, 5) is 37.1. The second-order valence-corrected chi connectivity index (χ2v) is 7.06. The number of para-hydroxylation sites is 1. The number of benzene rings is 2. The number of carbonyl (C=O) groups excluding carboxylic acids is 3. The molecule has 0 aromatic heterocycles. The molecule has 0 heterocycles. The van der Waals surface area contributed by atoms with Crippen molar-refractivity contribution in [2.24, 2.45) is 5.92 Å². The Morgan fingerprint density at radius 1 is 0.967 bits per heavy atom. The fourth-order valence-corrected chi connectivity index (χ4v) is 2.84. The molecular formula is C23H29N3O4. The zero-order valence-corrected chi connectivity index (χ0v) is 17.8. The van der Waals surface area contributed by atoms with Crippen molar-refractivity contribution in [3.05, 3.63) is 59.7 Å². The zero-order valence-electron chi connectivity index (χ0n) is 17.8. The first-order valence-corrected chi connectivity index (χ1v) is 10.1. The van der Waals surface area contributed by atoms with E-state index in [-0.39, 0.29) is 11.8 Å². The van der Waals surface area contributed by atoms with Crippen LogP contribution < -0.4 is 16.0 Å². The van der Waals surface area contributed by atoms with Crippen molar-refractivity contribution in [1.82, 2.24) is 5.32 Å². The van der Waals surface area contributed by atoms with Gasteiger partial charge in [0.25, 0.3) is 0 Å². The average molecular weight is 412 g/mol. The Kier molecular flexibility index (Phi) is 8.41. The van der Waals surface area contributed by atoms with E-state index >= 15 is 0 Å². The molecule has 3 N–H and O–H groups in total. The molecule has 7 heteroatoms. The second-order valence-electron chi connectivity index (χ2n) is 7.06. The minimum absolute atomic E-state index is 0.0774. The minimum atomic E-state index is -0.719. The van der Waals surface area contributed by atoms with E-state index in [9.17, 15) is 14.4 Å². The summed E-state index contributed by atoms with van der Waals surface area (Å²) in [6.07, 6.45) is 0.713. The predicted octanol–water partition coefficient (Wildman–Crippen LogP) is 4.35. The summed E-state index contributed by atoms with van der Waals surface area (Å²) in [6.45, 7) is 7.80. The molecule has 0 bridgehead atoms. The van der Waals surface area contributed by atoms with Crippen LogP contribution in [0, 0.1) is 12.8 Å². The highest BCUT2D eigenvalue weighted by Crippen LogP contribution is 2.16. The third-order valence-corrected chi connectivity index (χ3v) is 4.84. The fourth-order valence-electron chi connectivity index (χ4n) is 2.84. The van der Waals surface area contributed by atoms with Gasteiger partial charge in [0.2, 0.25) is 5.91 Å². The van der Waals surface area contributed by atoms with Crippen LogP contribution in [0.2, 0.25) is 0 Å². The van der Waals surface area contributed by atoms with E-state index in [1.165, 1.54) is 0 Å². The lowest BCUT2D eigenvalue weighted by molar-refractivity contribution is -0.119. The van der Waals surface area contributed by atoms with Crippen LogP contribution in [0.3, 0.4) is 0 Å². The quantitative estimate of drug-likeness (QED) is 0.563. The van der Waals surface area contributed by atoms with Crippen LogP contribution in [0.15, 0.2) is 48.5 Å². The maximum atomic E-state index is 12.8. The molecule has 0 saturated heterocycles. The highest BCUT2D eigenvalue weighted by atomic mass is 16.5. The molecule has 2 aromatic rings. The van der Waals surface area contributed by atoms with E-state index in [0.717, 1.165) is 5.56 Å². The Labute approximate surface area is 177 Å². The van der Waals surface area contributed by atoms with Crippen LogP contribution in [0.25, 0.3) is 0 Å². The number of aryl methyl sites for hydroxylation is 1. The molecule has 0 aliphatic rings. The van der Waals surface area contributed by atoms with Crippen molar-refractivity contribution in [3.63, 3.8) is 0 Å². The predicted molar refractivity (Wildman–Crippen MR) is 118 cm³/mol. The number of anilines is 2. The van der Waals surface area contributed by atoms with Gasteiger partial charge in [-0.3, -0.25) is 4.79 Å². The van der Waals surface area contributed by atoms with Crippen molar-refractivity contribution >= 4 is 29.3 Å². The second kappa shape index (κ2) is 11.0. The number of hydrogen-bond acceptors (Lipinski definition) is 4. The number of carbonyl (C=O) groups is 3. The molecule has 0 saturated carbocycles. The fraction of sp³-hybridized carbons (Fsp3) is 0.348. The van der Waals surface area contributed by atoms with Gasteiger partial charge in [-0.25, -0.2) is 9.59 Å². The van der Waals surface area contributed by atoms with Crippen LogP contribution in [0.4, 0.5) is 16.2 Å². The van der Waals surface area contributed by atoms with Gasteiger partial charge < -0.3 is 20.7 Å². The molecule has 30 heavy (non-hydrogen) atoms. The molecule has 0 spiro atoms. The lowest BCUT2D eigenvalue weighted by Gasteiger charge is -2.24. The van der Waals surface area contributed by atoms with Gasteiger partial charge in [-0.15, -0.1) is 0 Å². The van der Waals surface area contributed by atoms with Gasteiger partial charge in [0.1, 0.15) is 6.04 Å². The number of esters is 1. The summed E-state index contributed by atoms with van der Waals surface area (Å²) >= 11 is 0. The Bertz CT molecular complexity index is 880. The molecule has 160 valence electrons. The zero-order chi connectivity index (χ0) is 22.1. The summed E-state index contributed by atoms with van der Waals surface area (Å²) in [5, 5.41) is 8.36. The molecular weight excluding hydrogens is 382 g/mol. The number of ether oxygens (including phenoxy) is 1. The van der Waals surface area contributed by atoms with Crippen molar-refractivity contribution in [2.75, 3.05) is 17.2 Å². The van der Waals surface area contributed by atoms with Gasteiger partial charge in [0, 0.05) is 11.4 Å². The van der Waals surface area contributed by atoms with E-state index in [1.54, 1.807) is 37.3 Å². The van der Waals surface area contributed by atoms with E-state index in [1.807, 2.05) is 39.0 Å². The van der Waals surface area contributed by atoms with Crippen LogP contribution >= 0.6 is 0 Å². The number of amides is 3. The highest BCUT2D eigenvalue weighted by molar-refractivity contribution is 6.00. The third-order valence-electron chi connectivity index (χ3n) is 4.84. The standard InChI is InChI=1S/C23H29N3O4/c1-5-15(3)20(26-23(29)25-19-10-8-7-9-16(19)4)21(27)24-18-13-11-17(12-14-18)22(28)30-6-2/h7-15,20H,5-6H2,1-4H3,(H,24,27)(H2,25,26,29). The van der Waals surface area contributed by atoms with Gasteiger partial charge in [-0.05, 0) is 55.7 Å². The smallest absolute Gasteiger partial charge is 0.338 e. The largest absolute Gasteiger partial charge is 0.462 e. The number of rotatable bonds is 8. The number of hydrogen-bond donors (Lipinski definition) is 3. The Morgan fingerprint density at radius 2 is 1.63 bits per heavy atom. The monoisotopic (exact) mass is 411 g/mol. The number of nitrogens with one attached hydrogen (secondary N) is 3. The summed E-state index contributed by atoms with van der Waals surface area (Å²) in [7, 11) is 0. The maximum Gasteiger partial charge on any atom is 0.338 e. The molecule has 2 unspecified atom stereocenters. The van der Waals surface area contributed by atoms with E-state index in [4.69, 9.17) is 4.74 Å². The van der Waals surface area contributed by atoms with Crippen molar-refractivity contribution in [2.45, 2.75) is 40.2 Å². The molecule has 0 radical (unpaired) electrons. The van der Waals surface area contributed by atoms with E-state index in [2.05, 4.69) is 16.0 Å². The number of urea groups is 1. The van der Waals surface area contributed by atoms with Gasteiger partial charge in [-0.1, -0.05) is 38.5 Å². The van der Waals surface area contributed by atoms with Crippen molar-refractivity contribution in [1.29, 1.82) is 0 Å². The Balaban J connectivity index is 2.05. The molecule has 2 rings (SSSR count). The van der Waals surface area contributed by atoms with Gasteiger partial charge in [-0.2, -0.15) is 0 Å². The van der Waals surface area contributed by atoms with Crippen molar-refractivity contribution < 1.29 is 19.1 Å². The van der Waals surface area contributed by atoms with E-state index < -0.39 is 18.0 Å². The first-order valence-electron chi connectivity index (χ1n) is 10.1. The molecule has 0 aliphatic heterocycles. The Morgan fingerprint density at radius 3 is 2.23 bits per heavy atom. The first kappa shape index (κ1) is 22.9. The van der Waals surface area contributed by atoms with Crippen LogP contribution in [-0.2, 0) is 9.53 Å². The third kappa shape index (κ3) is 6.34. The van der Waals surface area contributed by atoms with Gasteiger partial charge in [0.05, 0.1) is 12.2 Å². The van der Waals surface area contributed by atoms with E-state index in [0.29, 0.717) is 30.0 Å². The topological polar surface area (TPSA) is 96.5 Å². The summed E-state index contributed by atoms with van der Waals surface area (Å²) in [5.74, 6) is -0.818. The van der Waals surface area contributed by atoms with Crippen LogP contribution in [0.5, 0.6) is 0 Å². The normalized spacial score (nSPS) is 12.4. The Hall–Kier alpha value is -3.35. The summed E-state index contributed by atoms with van der Waals surface area (Å²) < 4.78 is 4.95. The molecule has 2 aromatic carbocycles. The lowest BCUT2D eigenvalue weighted by Crippen LogP contribution is -2.49. The van der Waals surface area contributed by atoms with Crippen molar-refractivity contribution in [3.8, 4) is 0 Å². The van der Waals surface area contributed by atoms with Crippen LogP contribution in [-0.4, -0.2) is 30.6 Å². The summed E-state index contributed by atoms with van der Waals surface area (Å²) in [6, 6.07) is 12.7. The highest BCUT2D eigenvalue weighted by Gasteiger charge is 2.26. The summed E-state index contributed by atoms with van der Waals surface area (Å²) in [5.41, 5.74) is 2.55. The van der Waals surface area contributed by atoms with Gasteiger partial charge >= 0.3 is 12.0 Å². The molecule has 0 fully saturated rings. The molecule has 2 atom stereocenters. The molecule has 0 aliphatic carbocycles. The SMILES string of the molecule is CCOC(=O)c1ccc(NC(=O)C(NC(=O)Nc2ccccc2C)C(C)CC)cc1.